The lowest BCUT2D eigenvalue weighted by atomic mass is 9.97. The molecule has 0 fully saturated rings. The van der Waals surface area contributed by atoms with Gasteiger partial charge in [0.05, 0.1) is 15.9 Å². The fraction of sp³-hybridized carbons (Fsp3) is 0.167. The van der Waals surface area contributed by atoms with Crippen LogP contribution in [0.2, 0.25) is 0 Å². The second-order valence-corrected chi connectivity index (χ2v) is 6.07. The van der Waals surface area contributed by atoms with Gasteiger partial charge in [0, 0.05) is 5.56 Å². The second-order valence-electron chi connectivity index (χ2n) is 4.30. The van der Waals surface area contributed by atoms with Crippen LogP contribution in [0.1, 0.15) is 10.4 Å². The van der Waals surface area contributed by atoms with Crippen molar-refractivity contribution in [1.82, 2.24) is 0 Å². The SMILES string of the molecule is O=C1C(C(=O)C(F)(F)C(F)(F)F)=CS(=O)(=O)c2ccccc21. The van der Waals surface area contributed by atoms with Crippen LogP contribution in [0.5, 0.6) is 0 Å². The molecule has 0 bridgehead atoms. The Balaban J connectivity index is 2.63. The largest absolute Gasteiger partial charge is 0.461 e. The number of rotatable bonds is 2. The van der Waals surface area contributed by atoms with E-state index in [-0.39, 0.29) is 5.41 Å². The summed E-state index contributed by atoms with van der Waals surface area (Å²) in [4.78, 5) is 22.7. The van der Waals surface area contributed by atoms with Gasteiger partial charge in [0.15, 0.2) is 5.78 Å². The first-order valence-electron chi connectivity index (χ1n) is 5.49. The van der Waals surface area contributed by atoms with Crippen molar-refractivity contribution in [3.05, 3.63) is 40.8 Å². The number of halogens is 5. The normalized spacial score (nSPS) is 17.7. The maximum Gasteiger partial charge on any atom is 0.461 e. The van der Waals surface area contributed by atoms with Crippen molar-refractivity contribution < 1.29 is 40.0 Å². The van der Waals surface area contributed by atoms with E-state index in [0.29, 0.717) is 0 Å². The number of ketones is 2. The molecule has 1 aliphatic heterocycles. The summed E-state index contributed by atoms with van der Waals surface area (Å²) in [6.07, 6.45) is -6.24. The Kier molecular flexibility index (Phi) is 3.48. The minimum atomic E-state index is -6.24. The fourth-order valence-electron chi connectivity index (χ4n) is 1.77. The molecule has 0 saturated carbocycles. The van der Waals surface area contributed by atoms with E-state index in [4.69, 9.17) is 0 Å². The summed E-state index contributed by atoms with van der Waals surface area (Å²) in [6.45, 7) is 0. The van der Waals surface area contributed by atoms with Gasteiger partial charge >= 0.3 is 12.1 Å². The van der Waals surface area contributed by atoms with Crippen LogP contribution in [-0.4, -0.2) is 32.1 Å². The van der Waals surface area contributed by atoms with E-state index in [1.807, 2.05) is 0 Å². The third-order valence-electron chi connectivity index (χ3n) is 2.84. The molecule has 0 saturated heterocycles. The highest BCUT2D eigenvalue weighted by atomic mass is 32.2. The lowest BCUT2D eigenvalue weighted by Gasteiger charge is -2.21. The van der Waals surface area contributed by atoms with E-state index >= 15 is 0 Å². The van der Waals surface area contributed by atoms with Crippen LogP contribution in [0.25, 0.3) is 0 Å². The predicted molar refractivity (Wildman–Crippen MR) is 62.1 cm³/mol. The van der Waals surface area contributed by atoms with E-state index in [9.17, 15) is 40.0 Å². The Morgan fingerprint density at radius 1 is 1.00 bits per heavy atom. The Hall–Kier alpha value is -2.10. The summed E-state index contributed by atoms with van der Waals surface area (Å²) < 4.78 is 86.3. The van der Waals surface area contributed by atoms with Gasteiger partial charge in [0.2, 0.25) is 15.6 Å². The van der Waals surface area contributed by atoms with Crippen molar-refractivity contribution in [2.45, 2.75) is 17.0 Å². The van der Waals surface area contributed by atoms with E-state index in [1.54, 1.807) is 0 Å². The molecule has 10 heteroatoms. The van der Waals surface area contributed by atoms with E-state index < -0.39 is 49.5 Å². The van der Waals surface area contributed by atoms with Crippen LogP contribution in [0, 0.1) is 0 Å². The standard InChI is InChI=1S/C12H5F5O4S/c13-11(14,12(15,16)17)10(19)7-5-22(20,21)8-4-2-1-3-6(8)9(7)18/h1-5H. The minimum Gasteiger partial charge on any atom is -0.288 e. The topological polar surface area (TPSA) is 68.3 Å². The summed E-state index contributed by atoms with van der Waals surface area (Å²) in [5.74, 6) is -10.3. The van der Waals surface area contributed by atoms with Crippen LogP contribution < -0.4 is 0 Å². The Labute approximate surface area is 120 Å². The molecule has 1 aromatic rings. The number of carbonyl (C=O) groups excluding carboxylic acids is 2. The van der Waals surface area contributed by atoms with Crippen molar-refractivity contribution in [2.75, 3.05) is 0 Å². The molecule has 0 atom stereocenters. The molecule has 4 nitrogen and oxygen atoms in total. The number of alkyl halides is 5. The Morgan fingerprint density at radius 2 is 1.55 bits per heavy atom. The highest BCUT2D eigenvalue weighted by Crippen LogP contribution is 2.39. The molecule has 0 aliphatic carbocycles. The van der Waals surface area contributed by atoms with Crippen LogP contribution in [0.4, 0.5) is 22.0 Å². The molecular formula is C12H5F5O4S. The summed E-state index contributed by atoms with van der Waals surface area (Å²) in [5, 5.41) is -0.153. The number of benzene rings is 1. The third-order valence-corrected chi connectivity index (χ3v) is 4.36. The van der Waals surface area contributed by atoms with Gasteiger partial charge in [0.25, 0.3) is 0 Å². The number of fused-ring (bicyclic) bond motifs is 1. The molecule has 0 N–H and O–H groups in total. The first kappa shape index (κ1) is 16.3. The zero-order valence-electron chi connectivity index (χ0n) is 10.3. The highest BCUT2D eigenvalue weighted by Gasteiger charge is 2.64. The number of Topliss-reactive ketones (excluding diaryl/α,β-unsaturated/α-hetero) is 2. The summed E-state index contributed by atoms with van der Waals surface area (Å²) >= 11 is 0. The van der Waals surface area contributed by atoms with Gasteiger partial charge in [-0.1, -0.05) is 12.1 Å². The number of allylic oxidation sites excluding steroid dienone is 1. The number of carbonyl (C=O) groups is 2. The molecule has 1 heterocycles. The average molecular weight is 340 g/mol. The Bertz CT molecular complexity index is 805. The molecule has 118 valence electrons. The highest BCUT2D eigenvalue weighted by molar-refractivity contribution is 7.94. The summed E-state index contributed by atoms with van der Waals surface area (Å²) in [7, 11) is -4.48. The van der Waals surface area contributed by atoms with Gasteiger partial charge in [-0.25, -0.2) is 8.42 Å². The molecule has 0 unspecified atom stereocenters. The lowest BCUT2D eigenvalue weighted by molar-refractivity contribution is -0.266. The van der Waals surface area contributed by atoms with Crippen molar-refractivity contribution in [2.24, 2.45) is 0 Å². The van der Waals surface area contributed by atoms with E-state index in [2.05, 4.69) is 0 Å². The van der Waals surface area contributed by atoms with Crippen molar-refractivity contribution in [1.29, 1.82) is 0 Å². The molecule has 0 radical (unpaired) electrons. The number of hydrogen-bond donors (Lipinski definition) is 0. The molecule has 22 heavy (non-hydrogen) atoms. The van der Waals surface area contributed by atoms with Crippen LogP contribution in [0.15, 0.2) is 40.1 Å². The Morgan fingerprint density at radius 3 is 2.09 bits per heavy atom. The number of hydrogen-bond acceptors (Lipinski definition) is 4. The fourth-order valence-corrected chi connectivity index (χ4v) is 3.16. The smallest absolute Gasteiger partial charge is 0.288 e. The van der Waals surface area contributed by atoms with Gasteiger partial charge in [0.1, 0.15) is 0 Å². The van der Waals surface area contributed by atoms with Gasteiger partial charge in [-0.15, -0.1) is 0 Å². The van der Waals surface area contributed by atoms with Crippen molar-refractivity contribution in [3.8, 4) is 0 Å². The third kappa shape index (κ3) is 2.32. The molecule has 1 aromatic carbocycles. The molecule has 2 rings (SSSR count). The van der Waals surface area contributed by atoms with Gasteiger partial charge in [-0.05, 0) is 12.1 Å². The maximum absolute atomic E-state index is 13.0. The van der Waals surface area contributed by atoms with E-state index in [0.717, 1.165) is 12.1 Å². The van der Waals surface area contributed by atoms with Crippen LogP contribution >= 0.6 is 0 Å². The summed E-state index contributed by atoms with van der Waals surface area (Å²) in [5.41, 5.74) is -2.35. The summed E-state index contributed by atoms with van der Waals surface area (Å²) in [6, 6.07) is 4.31. The van der Waals surface area contributed by atoms with Gasteiger partial charge in [-0.2, -0.15) is 22.0 Å². The van der Waals surface area contributed by atoms with Crippen LogP contribution in [-0.2, 0) is 14.6 Å². The van der Waals surface area contributed by atoms with E-state index in [1.165, 1.54) is 12.1 Å². The first-order chi connectivity index (χ1) is 9.89. The van der Waals surface area contributed by atoms with Crippen molar-refractivity contribution >= 4 is 21.4 Å². The zero-order chi connectivity index (χ0) is 16.9. The first-order valence-corrected chi connectivity index (χ1v) is 7.04. The minimum absolute atomic E-state index is 0.153. The molecule has 0 spiro atoms. The average Bonchev–Trinajstić information content (AvgIpc) is 2.41. The van der Waals surface area contributed by atoms with Crippen LogP contribution in [0.3, 0.4) is 0 Å². The molecule has 0 aromatic heterocycles. The monoisotopic (exact) mass is 340 g/mol. The number of sulfone groups is 1. The lowest BCUT2D eigenvalue weighted by Crippen LogP contribution is -2.46. The van der Waals surface area contributed by atoms with Crippen molar-refractivity contribution in [3.63, 3.8) is 0 Å². The molecule has 0 amide bonds. The predicted octanol–water partition coefficient (Wildman–Crippen LogP) is 2.31. The quantitative estimate of drug-likeness (QED) is 0.612. The molecule has 1 aliphatic rings. The second kappa shape index (κ2) is 4.70. The zero-order valence-corrected chi connectivity index (χ0v) is 11.1. The maximum atomic E-state index is 13.0. The van der Waals surface area contributed by atoms with Gasteiger partial charge < -0.3 is 0 Å². The van der Waals surface area contributed by atoms with Gasteiger partial charge in [-0.3, -0.25) is 9.59 Å². The molecular weight excluding hydrogens is 335 g/mol.